The lowest BCUT2D eigenvalue weighted by atomic mass is 9.95. The van der Waals surface area contributed by atoms with Gasteiger partial charge in [0, 0.05) is 50.7 Å². The van der Waals surface area contributed by atoms with Gasteiger partial charge < -0.3 is 15.5 Å². The molecule has 1 atom stereocenters. The van der Waals surface area contributed by atoms with Crippen molar-refractivity contribution in [3.63, 3.8) is 0 Å². The summed E-state index contributed by atoms with van der Waals surface area (Å²) in [6.45, 7) is 11.3. The van der Waals surface area contributed by atoms with E-state index >= 15 is 0 Å². The number of para-hydroxylation sites is 1. The van der Waals surface area contributed by atoms with E-state index in [2.05, 4.69) is 15.5 Å². The molecule has 0 aliphatic carbocycles. The van der Waals surface area contributed by atoms with Crippen LogP contribution in [0.4, 0.5) is 5.69 Å². The Labute approximate surface area is 155 Å². The zero-order chi connectivity index (χ0) is 18.7. The minimum atomic E-state index is -0.503. The first-order valence-corrected chi connectivity index (χ1v) is 9.51. The highest BCUT2D eigenvalue weighted by Gasteiger charge is 2.32. The first kappa shape index (κ1) is 18.9. The largest absolute Gasteiger partial charge is 0.337 e. The highest BCUT2D eigenvalue weighted by atomic mass is 16.2. The summed E-state index contributed by atoms with van der Waals surface area (Å²) in [6, 6.07) is 7.75. The lowest BCUT2D eigenvalue weighted by Gasteiger charge is -2.32. The molecular formula is C20H30N4O2. The Morgan fingerprint density at radius 2 is 1.81 bits per heavy atom. The van der Waals surface area contributed by atoms with E-state index in [0.29, 0.717) is 17.3 Å². The molecule has 6 nitrogen and oxygen atoms in total. The average molecular weight is 358 g/mol. The fourth-order valence-corrected chi connectivity index (χ4v) is 3.53. The molecule has 3 rings (SSSR count). The van der Waals surface area contributed by atoms with Crippen LogP contribution in [0.15, 0.2) is 24.3 Å². The normalized spacial score (nSPS) is 21.7. The fourth-order valence-electron chi connectivity index (χ4n) is 3.53. The Kier molecular flexibility index (Phi) is 5.63. The van der Waals surface area contributed by atoms with E-state index in [0.717, 1.165) is 45.7 Å². The molecule has 6 heteroatoms. The highest BCUT2D eigenvalue weighted by molar-refractivity contribution is 6.04. The molecule has 2 aliphatic heterocycles. The topological polar surface area (TPSA) is 64.7 Å². The van der Waals surface area contributed by atoms with Crippen LogP contribution in [-0.4, -0.2) is 66.9 Å². The van der Waals surface area contributed by atoms with Crippen LogP contribution in [-0.2, 0) is 4.79 Å². The quantitative estimate of drug-likeness (QED) is 0.865. The van der Waals surface area contributed by atoms with E-state index < -0.39 is 5.41 Å². The number of anilines is 1. The van der Waals surface area contributed by atoms with Crippen molar-refractivity contribution in [1.82, 2.24) is 15.1 Å². The molecule has 2 fully saturated rings. The van der Waals surface area contributed by atoms with E-state index in [1.165, 1.54) is 0 Å². The van der Waals surface area contributed by atoms with Crippen LogP contribution >= 0.6 is 0 Å². The number of nitrogens with one attached hydrogen (secondary N) is 2. The van der Waals surface area contributed by atoms with Gasteiger partial charge in [0.2, 0.25) is 5.91 Å². The predicted molar refractivity (Wildman–Crippen MR) is 103 cm³/mol. The summed E-state index contributed by atoms with van der Waals surface area (Å²) in [4.78, 5) is 29.8. The third-order valence-electron chi connectivity index (χ3n) is 5.21. The minimum Gasteiger partial charge on any atom is -0.337 e. The lowest BCUT2D eigenvalue weighted by molar-refractivity contribution is -0.123. The minimum absolute atomic E-state index is 0.00689. The number of amides is 2. The van der Waals surface area contributed by atoms with Crippen LogP contribution < -0.4 is 10.6 Å². The van der Waals surface area contributed by atoms with Gasteiger partial charge in [0.1, 0.15) is 0 Å². The number of carbonyl (C=O) groups is 2. The van der Waals surface area contributed by atoms with Crippen LogP contribution in [0.25, 0.3) is 0 Å². The Morgan fingerprint density at radius 1 is 1.12 bits per heavy atom. The molecule has 1 aromatic rings. The van der Waals surface area contributed by atoms with Gasteiger partial charge in [-0.1, -0.05) is 32.9 Å². The summed E-state index contributed by atoms with van der Waals surface area (Å²) < 4.78 is 0. The van der Waals surface area contributed by atoms with Gasteiger partial charge in [0.05, 0.1) is 11.3 Å². The van der Waals surface area contributed by atoms with Gasteiger partial charge in [-0.25, -0.2) is 0 Å². The second-order valence-electron chi connectivity index (χ2n) is 8.23. The fraction of sp³-hybridized carbons (Fsp3) is 0.600. The summed E-state index contributed by atoms with van der Waals surface area (Å²) >= 11 is 0. The van der Waals surface area contributed by atoms with Crippen LogP contribution in [0.5, 0.6) is 0 Å². The van der Waals surface area contributed by atoms with Crippen molar-refractivity contribution in [1.29, 1.82) is 0 Å². The van der Waals surface area contributed by atoms with Gasteiger partial charge >= 0.3 is 0 Å². The maximum Gasteiger partial charge on any atom is 0.256 e. The molecule has 26 heavy (non-hydrogen) atoms. The number of piperazine rings is 1. The van der Waals surface area contributed by atoms with E-state index in [4.69, 9.17) is 0 Å². The van der Waals surface area contributed by atoms with Crippen LogP contribution in [0, 0.1) is 5.41 Å². The summed E-state index contributed by atoms with van der Waals surface area (Å²) in [5.74, 6) is -0.0784. The highest BCUT2D eigenvalue weighted by Crippen LogP contribution is 2.24. The zero-order valence-corrected chi connectivity index (χ0v) is 16.0. The smallest absolute Gasteiger partial charge is 0.256 e. The second-order valence-corrected chi connectivity index (χ2v) is 8.23. The number of likely N-dealkylation sites (tertiary alicyclic amines) is 1. The molecule has 2 aliphatic rings. The number of nitrogens with zero attached hydrogens (tertiary/aromatic N) is 2. The summed E-state index contributed by atoms with van der Waals surface area (Å²) in [7, 11) is 0. The first-order chi connectivity index (χ1) is 12.4. The zero-order valence-electron chi connectivity index (χ0n) is 16.0. The first-order valence-electron chi connectivity index (χ1n) is 9.51. The van der Waals surface area contributed by atoms with Crippen LogP contribution in [0.2, 0.25) is 0 Å². The predicted octanol–water partition coefficient (Wildman–Crippen LogP) is 1.79. The number of benzene rings is 1. The maximum atomic E-state index is 13.1. The molecule has 2 heterocycles. The third-order valence-corrected chi connectivity index (χ3v) is 5.21. The molecule has 2 N–H and O–H groups in total. The Morgan fingerprint density at radius 3 is 2.50 bits per heavy atom. The van der Waals surface area contributed by atoms with E-state index in [1.54, 1.807) is 12.1 Å². The maximum absolute atomic E-state index is 13.1. The molecular weight excluding hydrogens is 328 g/mol. The molecule has 0 radical (unpaired) electrons. The van der Waals surface area contributed by atoms with E-state index in [9.17, 15) is 9.59 Å². The van der Waals surface area contributed by atoms with Crippen molar-refractivity contribution >= 4 is 17.5 Å². The van der Waals surface area contributed by atoms with Crippen molar-refractivity contribution in [3.05, 3.63) is 29.8 Å². The number of rotatable bonds is 3. The molecule has 1 unspecified atom stereocenters. The van der Waals surface area contributed by atoms with Gasteiger partial charge in [-0.3, -0.25) is 14.5 Å². The molecule has 2 saturated heterocycles. The third kappa shape index (κ3) is 4.24. The van der Waals surface area contributed by atoms with Crippen molar-refractivity contribution in [2.24, 2.45) is 5.41 Å². The van der Waals surface area contributed by atoms with Crippen molar-refractivity contribution < 1.29 is 9.59 Å². The van der Waals surface area contributed by atoms with E-state index in [1.807, 2.05) is 37.8 Å². The number of carbonyl (C=O) groups excluding carboxylic acids is 2. The van der Waals surface area contributed by atoms with Crippen molar-refractivity contribution in [3.8, 4) is 0 Å². The van der Waals surface area contributed by atoms with Gasteiger partial charge in [-0.2, -0.15) is 0 Å². The Bertz CT molecular complexity index is 662. The molecule has 142 valence electrons. The number of hydrogen-bond donors (Lipinski definition) is 2. The second kappa shape index (κ2) is 7.76. The standard InChI is InChI=1S/C20H30N4O2/c1-20(2,3)19(26)22-17-7-5-4-6-16(17)18(25)24-11-8-15(14-24)23-12-9-21-10-13-23/h4-7,15,21H,8-14H2,1-3H3,(H,22,26). The van der Waals surface area contributed by atoms with E-state index in [-0.39, 0.29) is 11.8 Å². The molecule has 0 bridgehead atoms. The summed E-state index contributed by atoms with van der Waals surface area (Å²) in [5, 5.41) is 6.30. The van der Waals surface area contributed by atoms with Crippen molar-refractivity contribution in [2.75, 3.05) is 44.6 Å². The Hall–Kier alpha value is -1.92. The Balaban J connectivity index is 1.69. The molecule has 0 aromatic heterocycles. The molecule has 0 spiro atoms. The van der Waals surface area contributed by atoms with Crippen LogP contribution in [0.1, 0.15) is 37.6 Å². The van der Waals surface area contributed by atoms with Gasteiger partial charge in [0.15, 0.2) is 0 Å². The average Bonchev–Trinajstić information content (AvgIpc) is 3.12. The molecule has 1 aromatic carbocycles. The van der Waals surface area contributed by atoms with Gasteiger partial charge in [-0.05, 0) is 18.6 Å². The van der Waals surface area contributed by atoms with Crippen molar-refractivity contribution in [2.45, 2.75) is 33.2 Å². The molecule has 0 saturated carbocycles. The van der Waals surface area contributed by atoms with Gasteiger partial charge in [0.25, 0.3) is 5.91 Å². The SMILES string of the molecule is CC(C)(C)C(=O)Nc1ccccc1C(=O)N1CCC(N2CCNCC2)C1. The number of hydrogen-bond acceptors (Lipinski definition) is 4. The summed E-state index contributed by atoms with van der Waals surface area (Å²) in [5.41, 5.74) is 0.672. The van der Waals surface area contributed by atoms with Gasteiger partial charge in [-0.15, -0.1) is 0 Å². The summed E-state index contributed by atoms with van der Waals surface area (Å²) in [6.07, 6.45) is 1.02. The molecule has 2 amide bonds. The monoisotopic (exact) mass is 358 g/mol. The lowest BCUT2D eigenvalue weighted by Crippen LogP contribution is -2.49. The van der Waals surface area contributed by atoms with Crippen LogP contribution in [0.3, 0.4) is 0 Å².